The molecule has 2 aliphatic rings. The molecule has 0 saturated carbocycles. The van der Waals surface area contributed by atoms with E-state index in [4.69, 9.17) is 16.6 Å². The van der Waals surface area contributed by atoms with Crippen LogP contribution in [-0.4, -0.2) is 54.1 Å². The molecule has 200 valence electrons. The molecule has 2 atom stereocenters. The Balaban J connectivity index is 1.31. The first-order valence-corrected chi connectivity index (χ1v) is 13.9. The third kappa shape index (κ3) is 4.03. The predicted octanol–water partition coefficient (Wildman–Crippen LogP) is 5.02. The van der Waals surface area contributed by atoms with Crippen LogP contribution in [-0.2, 0) is 13.1 Å². The minimum atomic E-state index is -0.114. The number of likely N-dealkylation sites (tertiary alicyclic amines) is 1. The van der Waals surface area contributed by atoms with Crippen molar-refractivity contribution >= 4 is 39.1 Å². The van der Waals surface area contributed by atoms with Gasteiger partial charge < -0.3 is 10.2 Å². The Morgan fingerprint density at radius 1 is 1.10 bits per heavy atom. The van der Waals surface area contributed by atoms with Gasteiger partial charge in [-0.2, -0.15) is 10.2 Å². The topological polar surface area (TPSA) is 85.8 Å². The van der Waals surface area contributed by atoms with Crippen LogP contribution in [0.3, 0.4) is 0 Å². The molecule has 9 nitrogen and oxygen atoms in total. The number of fused-ring (bicyclic) bond motifs is 2. The molecule has 7 rings (SSSR count). The number of nitrogens with one attached hydrogen (secondary N) is 1. The van der Waals surface area contributed by atoms with E-state index in [0.717, 1.165) is 88.9 Å². The number of rotatable bonds is 5. The van der Waals surface area contributed by atoms with E-state index in [-0.39, 0.29) is 11.6 Å². The quantitative estimate of drug-likeness (QED) is 0.314. The minimum absolute atomic E-state index is 0.0509. The maximum absolute atomic E-state index is 13.6. The van der Waals surface area contributed by atoms with Gasteiger partial charge in [-0.15, -0.1) is 0 Å². The highest BCUT2D eigenvalue weighted by molar-refractivity contribution is 6.29. The van der Waals surface area contributed by atoms with Crippen LogP contribution in [0.4, 0.5) is 5.69 Å². The van der Waals surface area contributed by atoms with Crippen molar-refractivity contribution in [2.75, 3.05) is 25.5 Å². The monoisotopic (exact) mass is 542 g/mol. The van der Waals surface area contributed by atoms with Gasteiger partial charge in [-0.05, 0) is 69.6 Å². The van der Waals surface area contributed by atoms with Crippen molar-refractivity contribution in [1.29, 1.82) is 0 Å². The molecule has 2 unspecified atom stereocenters. The molecule has 1 aromatic carbocycles. The lowest BCUT2D eigenvalue weighted by molar-refractivity contribution is 0.382. The zero-order chi connectivity index (χ0) is 26.8. The Bertz CT molecular complexity index is 1800. The fourth-order valence-corrected chi connectivity index (χ4v) is 6.47. The highest BCUT2D eigenvalue weighted by Crippen LogP contribution is 2.36. The molecule has 4 aromatic heterocycles. The van der Waals surface area contributed by atoms with E-state index in [1.807, 2.05) is 45.4 Å². The Morgan fingerprint density at radius 3 is 2.79 bits per heavy atom. The number of aryl methyl sites for hydroxylation is 3. The van der Waals surface area contributed by atoms with Gasteiger partial charge in [-0.3, -0.25) is 14.0 Å². The number of halogens is 1. The lowest BCUT2D eigenvalue weighted by Gasteiger charge is -2.22. The highest BCUT2D eigenvalue weighted by Gasteiger charge is 2.25. The third-order valence-electron chi connectivity index (χ3n) is 8.19. The van der Waals surface area contributed by atoms with Crippen molar-refractivity contribution in [2.24, 2.45) is 0 Å². The molecule has 5 aromatic rings. The van der Waals surface area contributed by atoms with E-state index in [9.17, 15) is 4.79 Å². The second-order valence-corrected chi connectivity index (χ2v) is 11.4. The fourth-order valence-electron chi connectivity index (χ4n) is 6.33. The Kier molecular flexibility index (Phi) is 5.75. The summed E-state index contributed by atoms with van der Waals surface area (Å²) in [5, 5.41) is 16.1. The van der Waals surface area contributed by atoms with Crippen LogP contribution in [0.2, 0.25) is 5.15 Å². The Labute approximate surface area is 231 Å². The van der Waals surface area contributed by atoms with Crippen molar-refractivity contribution in [3.05, 3.63) is 69.5 Å². The molecular formula is C29H31ClN8O. The van der Waals surface area contributed by atoms with E-state index in [0.29, 0.717) is 11.2 Å². The third-order valence-corrected chi connectivity index (χ3v) is 8.40. The van der Waals surface area contributed by atoms with E-state index < -0.39 is 0 Å². The first kappa shape index (κ1) is 24.4. The van der Waals surface area contributed by atoms with Gasteiger partial charge in [-0.1, -0.05) is 17.7 Å². The van der Waals surface area contributed by atoms with Crippen LogP contribution in [0.5, 0.6) is 0 Å². The summed E-state index contributed by atoms with van der Waals surface area (Å²) in [7, 11) is 2.14. The number of hydrogen-bond acceptors (Lipinski definition) is 6. The highest BCUT2D eigenvalue weighted by atomic mass is 35.5. The molecule has 0 spiro atoms. The number of likely N-dealkylation sites (N-methyl/N-ethyl adjacent to an activating group) is 1. The van der Waals surface area contributed by atoms with E-state index in [1.54, 1.807) is 6.07 Å². The first-order valence-electron chi connectivity index (χ1n) is 13.6. The van der Waals surface area contributed by atoms with Crippen molar-refractivity contribution in [2.45, 2.75) is 51.9 Å². The summed E-state index contributed by atoms with van der Waals surface area (Å²) in [4.78, 5) is 20.6. The summed E-state index contributed by atoms with van der Waals surface area (Å²) in [5.74, 6) is 0. The summed E-state index contributed by atoms with van der Waals surface area (Å²) in [6, 6.07) is 8.20. The van der Waals surface area contributed by atoms with Crippen molar-refractivity contribution in [3.63, 3.8) is 0 Å². The second kappa shape index (κ2) is 9.20. The van der Waals surface area contributed by atoms with Crippen molar-refractivity contribution < 1.29 is 0 Å². The van der Waals surface area contributed by atoms with E-state index >= 15 is 0 Å². The van der Waals surface area contributed by atoms with Gasteiger partial charge in [0, 0.05) is 53.6 Å². The van der Waals surface area contributed by atoms with Gasteiger partial charge in [0.15, 0.2) is 0 Å². The molecule has 1 fully saturated rings. The van der Waals surface area contributed by atoms with Crippen LogP contribution in [0.15, 0.2) is 47.7 Å². The summed E-state index contributed by atoms with van der Waals surface area (Å²) < 4.78 is 5.89. The van der Waals surface area contributed by atoms with Crippen LogP contribution >= 0.6 is 11.6 Å². The normalized spacial score (nSPS) is 18.3. The fraction of sp³-hybridized carbons (Fsp3) is 0.379. The average molecular weight is 543 g/mol. The van der Waals surface area contributed by atoms with E-state index in [1.165, 1.54) is 0 Å². The molecular weight excluding hydrogens is 512 g/mol. The zero-order valence-electron chi connectivity index (χ0n) is 22.4. The number of anilines is 1. The molecule has 1 saturated heterocycles. The lowest BCUT2D eigenvalue weighted by Crippen LogP contribution is -2.27. The van der Waals surface area contributed by atoms with Gasteiger partial charge in [-0.25, -0.2) is 9.67 Å². The number of nitrogens with zero attached hydrogens (tertiary/aromatic N) is 7. The molecule has 39 heavy (non-hydrogen) atoms. The second-order valence-electron chi connectivity index (χ2n) is 11.0. The number of aromatic nitrogens is 6. The molecule has 0 amide bonds. The van der Waals surface area contributed by atoms with Crippen LogP contribution in [0.1, 0.15) is 43.0 Å². The number of hydrogen-bond donors (Lipinski definition) is 1. The van der Waals surface area contributed by atoms with Gasteiger partial charge >= 0.3 is 0 Å². The van der Waals surface area contributed by atoms with Crippen molar-refractivity contribution in [3.8, 4) is 11.3 Å². The largest absolute Gasteiger partial charge is 0.377 e. The first-order chi connectivity index (χ1) is 18.9. The van der Waals surface area contributed by atoms with Crippen molar-refractivity contribution in [1.82, 2.24) is 34.0 Å². The zero-order valence-corrected chi connectivity index (χ0v) is 23.1. The Hall–Kier alpha value is -3.69. The Morgan fingerprint density at radius 2 is 1.97 bits per heavy atom. The standard InChI is InChI=1S/C29H31ClN8O/c1-17-11-21(26-22(12-17)29(39)36-8-4-9-37-28(36)23(26)14-32-37)18(2)33-24-5-6-25(30)34-27(24)19-13-31-38(15-19)20-7-10-35(3)16-20/h5-6,11-15,18,20,33H,4,7-10,16H2,1-3H3. The molecule has 0 radical (unpaired) electrons. The summed E-state index contributed by atoms with van der Waals surface area (Å²) in [6.45, 7) is 7.77. The molecule has 0 bridgehead atoms. The van der Waals surface area contributed by atoms with E-state index in [2.05, 4.69) is 46.6 Å². The summed E-state index contributed by atoms with van der Waals surface area (Å²) >= 11 is 6.37. The molecule has 0 aliphatic carbocycles. The van der Waals surface area contributed by atoms with Gasteiger partial charge in [0.05, 0.1) is 29.8 Å². The van der Waals surface area contributed by atoms with Crippen LogP contribution in [0, 0.1) is 6.92 Å². The molecule has 1 N–H and O–H groups in total. The lowest BCUT2D eigenvalue weighted by atomic mass is 9.95. The molecule has 6 heterocycles. The van der Waals surface area contributed by atoms with Gasteiger partial charge in [0.1, 0.15) is 10.8 Å². The maximum Gasteiger partial charge on any atom is 0.260 e. The average Bonchev–Trinajstić information content (AvgIpc) is 3.68. The number of benzene rings is 1. The SMILES string of the molecule is Cc1cc(C(C)Nc2ccc(Cl)nc2-c2cnn(C3CCN(C)C3)c2)c2c(c1)c(=O)n1c3c2cnn3CCC1. The molecule has 2 aliphatic heterocycles. The summed E-state index contributed by atoms with van der Waals surface area (Å²) in [5.41, 5.74) is 5.62. The number of pyridine rings is 2. The van der Waals surface area contributed by atoms with Crippen LogP contribution in [0.25, 0.3) is 33.1 Å². The van der Waals surface area contributed by atoms with Gasteiger partial charge in [0.2, 0.25) is 0 Å². The van der Waals surface area contributed by atoms with Gasteiger partial charge in [0.25, 0.3) is 5.56 Å². The molecule has 10 heteroatoms. The minimum Gasteiger partial charge on any atom is -0.377 e. The summed E-state index contributed by atoms with van der Waals surface area (Å²) in [6.07, 6.45) is 7.84. The predicted molar refractivity (Wildman–Crippen MR) is 155 cm³/mol. The van der Waals surface area contributed by atoms with Crippen LogP contribution < -0.4 is 10.9 Å². The smallest absolute Gasteiger partial charge is 0.260 e. The maximum atomic E-state index is 13.6.